The second-order valence-corrected chi connectivity index (χ2v) is 6.36. The van der Waals surface area contributed by atoms with Crippen LogP contribution in [0.5, 0.6) is 5.75 Å². The number of carbonyl (C=O) groups is 3. The normalized spacial score (nSPS) is 15.2. The summed E-state index contributed by atoms with van der Waals surface area (Å²) in [5, 5.41) is 18.9. The van der Waals surface area contributed by atoms with E-state index in [0.29, 0.717) is 29.0 Å². The third-order valence-electron chi connectivity index (χ3n) is 4.34. The van der Waals surface area contributed by atoms with Crippen molar-refractivity contribution in [2.75, 3.05) is 23.4 Å². The van der Waals surface area contributed by atoms with Gasteiger partial charge in [0, 0.05) is 29.4 Å². The number of fused-ring (bicyclic) bond motifs is 1. The second-order valence-electron chi connectivity index (χ2n) is 6.36. The number of likely N-dealkylation sites (N-methyl/N-ethyl adjacent to an activating group) is 1. The molecular formula is C20H20N4O6. The molecule has 5 N–H and O–H groups in total. The van der Waals surface area contributed by atoms with Crippen LogP contribution < -0.4 is 20.7 Å². The van der Waals surface area contributed by atoms with Gasteiger partial charge in [0.15, 0.2) is 0 Å². The van der Waals surface area contributed by atoms with Gasteiger partial charge in [0.05, 0.1) is 5.69 Å². The number of amidine groups is 1. The SMILES string of the molecule is CCN1C(=O)C(OCC(=O)O)Oc2cc(NC(=O)c3ccc(C(=N)N)cc3)ccc21. The minimum absolute atomic E-state index is 0.0940. The Morgan fingerprint density at radius 1 is 1.23 bits per heavy atom. The zero-order valence-corrected chi connectivity index (χ0v) is 16.0. The molecular weight excluding hydrogens is 392 g/mol. The number of carboxylic acid groups (broad SMARTS) is 1. The van der Waals surface area contributed by atoms with Crippen molar-refractivity contribution in [1.29, 1.82) is 5.41 Å². The van der Waals surface area contributed by atoms with Gasteiger partial charge in [-0.1, -0.05) is 12.1 Å². The molecule has 1 heterocycles. The molecule has 0 saturated carbocycles. The summed E-state index contributed by atoms with van der Waals surface area (Å²) < 4.78 is 10.6. The first-order valence-corrected chi connectivity index (χ1v) is 9.01. The summed E-state index contributed by atoms with van der Waals surface area (Å²) in [6.45, 7) is 1.41. The average Bonchev–Trinajstić information content (AvgIpc) is 2.72. The number of carboxylic acids is 1. The number of amides is 2. The summed E-state index contributed by atoms with van der Waals surface area (Å²) in [5.74, 6) is -1.94. The number of nitrogens with one attached hydrogen (secondary N) is 2. The van der Waals surface area contributed by atoms with Gasteiger partial charge in [-0.2, -0.15) is 0 Å². The van der Waals surface area contributed by atoms with E-state index >= 15 is 0 Å². The van der Waals surface area contributed by atoms with Gasteiger partial charge in [-0.15, -0.1) is 0 Å². The minimum atomic E-state index is -1.39. The molecule has 1 atom stereocenters. The number of hydrogen-bond acceptors (Lipinski definition) is 6. The van der Waals surface area contributed by atoms with Gasteiger partial charge in [0.25, 0.3) is 18.1 Å². The Kier molecular flexibility index (Phi) is 5.98. The van der Waals surface area contributed by atoms with Gasteiger partial charge in [-0.3, -0.25) is 15.0 Å². The first-order valence-electron chi connectivity index (χ1n) is 9.01. The van der Waals surface area contributed by atoms with Crippen molar-refractivity contribution in [1.82, 2.24) is 0 Å². The molecule has 3 rings (SSSR count). The lowest BCUT2D eigenvalue weighted by Crippen LogP contribution is -2.47. The smallest absolute Gasteiger partial charge is 0.329 e. The van der Waals surface area contributed by atoms with Crippen LogP contribution in [0.3, 0.4) is 0 Å². The lowest BCUT2D eigenvalue weighted by Gasteiger charge is -2.33. The third kappa shape index (κ3) is 4.39. The van der Waals surface area contributed by atoms with Gasteiger partial charge in [-0.25, -0.2) is 4.79 Å². The van der Waals surface area contributed by atoms with E-state index in [4.69, 9.17) is 25.7 Å². The van der Waals surface area contributed by atoms with Gasteiger partial charge in [-0.05, 0) is 31.2 Å². The summed E-state index contributed by atoms with van der Waals surface area (Å²) in [7, 11) is 0. The summed E-state index contributed by atoms with van der Waals surface area (Å²) in [6, 6.07) is 11.0. The molecule has 0 aromatic heterocycles. The highest BCUT2D eigenvalue weighted by molar-refractivity contribution is 6.06. The Labute approximate surface area is 171 Å². The zero-order chi connectivity index (χ0) is 21.8. The second kappa shape index (κ2) is 8.62. The summed E-state index contributed by atoms with van der Waals surface area (Å²) in [6.07, 6.45) is -1.39. The fourth-order valence-electron chi connectivity index (χ4n) is 2.90. The molecule has 0 bridgehead atoms. The van der Waals surface area contributed by atoms with E-state index in [0.717, 1.165) is 0 Å². The Balaban J connectivity index is 1.79. The third-order valence-corrected chi connectivity index (χ3v) is 4.34. The van der Waals surface area contributed by atoms with E-state index in [1.54, 1.807) is 43.3 Å². The fourth-order valence-corrected chi connectivity index (χ4v) is 2.90. The van der Waals surface area contributed by atoms with Gasteiger partial charge >= 0.3 is 5.97 Å². The van der Waals surface area contributed by atoms with Gasteiger partial charge in [0.1, 0.15) is 18.2 Å². The summed E-state index contributed by atoms with van der Waals surface area (Å²) in [4.78, 5) is 37.1. The molecule has 1 unspecified atom stereocenters. The maximum atomic E-state index is 12.5. The summed E-state index contributed by atoms with van der Waals surface area (Å²) >= 11 is 0. The van der Waals surface area contributed by atoms with Crippen LogP contribution in [-0.2, 0) is 14.3 Å². The van der Waals surface area contributed by atoms with Crippen LogP contribution in [0.15, 0.2) is 42.5 Å². The largest absolute Gasteiger partial charge is 0.480 e. The molecule has 10 nitrogen and oxygen atoms in total. The van der Waals surface area contributed by atoms with E-state index in [1.807, 2.05) is 0 Å². The van der Waals surface area contributed by atoms with Crippen molar-refractivity contribution in [3.8, 4) is 5.75 Å². The van der Waals surface area contributed by atoms with Crippen LogP contribution in [0.25, 0.3) is 0 Å². The maximum absolute atomic E-state index is 12.5. The number of rotatable bonds is 7. The van der Waals surface area contributed by atoms with E-state index < -0.39 is 24.8 Å². The first-order chi connectivity index (χ1) is 14.3. The van der Waals surface area contributed by atoms with Crippen molar-refractivity contribution in [3.05, 3.63) is 53.6 Å². The van der Waals surface area contributed by atoms with Crippen molar-refractivity contribution in [2.24, 2.45) is 5.73 Å². The number of benzene rings is 2. The molecule has 0 spiro atoms. The molecule has 1 aliphatic rings. The molecule has 0 saturated heterocycles. The van der Waals surface area contributed by atoms with E-state index in [9.17, 15) is 14.4 Å². The number of ether oxygens (including phenoxy) is 2. The highest BCUT2D eigenvalue weighted by atomic mass is 16.7. The van der Waals surface area contributed by atoms with Crippen LogP contribution >= 0.6 is 0 Å². The number of anilines is 2. The Hall–Kier alpha value is -3.92. The number of aliphatic carboxylic acids is 1. The molecule has 0 aliphatic carbocycles. The average molecular weight is 412 g/mol. The molecule has 156 valence electrons. The van der Waals surface area contributed by atoms with E-state index in [1.165, 1.54) is 11.0 Å². The topological polar surface area (TPSA) is 155 Å². The number of carbonyl (C=O) groups excluding carboxylic acids is 2. The van der Waals surface area contributed by atoms with Crippen molar-refractivity contribution in [3.63, 3.8) is 0 Å². The van der Waals surface area contributed by atoms with Crippen molar-refractivity contribution in [2.45, 2.75) is 13.2 Å². The molecule has 30 heavy (non-hydrogen) atoms. The molecule has 2 amide bonds. The lowest BCUT2D eigenvalue weighted by molar-refractivity contribution is -0.162. The van der Waals surface area contributed by atoms with E-state index in [-0.39, 0.29) is 17.5 Å². The highest BCUT2D eigenvalue weighted by Crippen LogP contribution is 2.36. The number of hydrogen-bond donors (Lipinski definition) is 4. The molecule has 2 aromatic carbocycles. The molecule has 0 radical (unpaired) electrons. The Bertz CT molecular complexity index is 1000. The van der Waals surface area contributed by atoms with E-state index in [2.05, 4.69) is 5.32 Å². The Morgan fingerprint density at radius 3 is 2.50 bits per heavy atom. The molecule has 0 fully saturated rings. The van der Waals surface area contributed by atoms with Gasteiger partial charge in [0.2, 0.25) is 0 Å². The lowest BCUT2D eigenvalue weighted by atomic mass is 10.1. The Morgan fingerprint density at radius 2 is 1.90 bits per heavy atom. The van der Waals surface area contributed by atoms with Gasteiger partial charge < -0.3 is 30.5 Å². The predicted octanol–water partition coefficient (Wildman–Crippen LogP) is 1.40. The standard InChI is InChI=1S/C20H20N4O6/c1-2-24-14-8-7-13(9-15(14)30-20(19(24)28)29-10-16(25)26)23-18(27)12-5-3-11(4-6-12)17(21)22/h3-9,20H,2,10H2,1H3,(H3,21,22)(H,23,27)(H,25,26). The van der Waals surface area contributed by atoms with Crippen LogP contribution in [0, 0.1) is 5.41 Å². The number of nitrogens with two attached hydrogens (primary N) is 1. The maximum Gasteiger partial charge on any atom is 0.329 e. The molecule has 1 aliphatic heterocycles. The predicted molar refractivity (Wildman–Crippen MR) is 108 cm³/mol. The molecule has 2 aromatic rings. The summed E-state index contributed by atoms with van der Waals surface area (Å²) in [5.41, 5.74) is 7.18. The minimum Gasteiger partial charge on any atom is -0.480 e. The number of nitrogens with zero attached hydrogens (tertiary/aromatic N) is 1. The van der Waals surface area contributed by atoms with Crippen molar-refractivity contribution >= 4 is 35.0 Å². The first kappa shape index (κ1) is 20.8. The van der Waals surface area contributed by atoms with Crippen LogP contribution in [0.4, 0.5) is 11.4 Å². The monoisotopic (exact) mass is 412 g/mol. The van der Waals surface area contributed by atoms with Crippen LogP contribution in [0.1, 0.15) is 22.8 Å². The fraction of sp³-hybridized carbons (Fsp3) is 0.200. The van der Waals surface area contributed by atoms with Crippen LogP contribution in [0.2, 0.25) is 0 Å². The van der Waals surface area contributed by atoms with Crippen molar-refractivity contribution < 1.29 is 29.0 Å². The molecule has 10 heteroatoms. The number of nitrogen functional groups attached to an aromatic ring is 1. The quantitative estimate of drug-likeness (QED) is 0.396. The highest BCUT2D eigenvalue weighted by Gasteiger charge is 2.35. The zero-order valence-electron chi connectivity index (χ0n) is 16.0. The van der Waals surface area contributed by atoms with Crippen LogP contribution in [-0.4, -0.2) is 48.2 Å².